The van der Waals surface area contributed by atoms with Crippen molar-refractivity contribution in [2.75, 3.05) is 6.61 Å². The second kappa shape index (κ2) is 7.14. The van der Waals surface area contributed by atoms with Crippen LogP contribution in [0.25, 0.3) is 0 Å². The molecular formula is C18H27NO3. The van der Waals surface area contributed by atoms with Crippen molar-refractivity contribution in [2.24, 2.45) is 0 Å². The number of amides is 1. The maximum atomic E-state index is 12.6. The van der Waals surface area contributed by atoms with Crippen LogP contribution in [0.3, 0.4) is 0 Å². The summed E-state index contributed by atoms with van der Waals surface area (Å²) in [6.07, 6.45) is 1.89. The number of nitrogens with zero attached hydrogens (tertiary/aromatic N) is 1. The Balaban J connectivity index is 2.12. The molecule has 1 fully saturated rings. The summed E-state index contributed by atoms with van der Waals surface area (Å²) in [6, 6.07) is 10.1. The Morgan fingerprint density at radius 3 is 2.50 bits per heavy atom. The van der Waals surface area contributed by atoms with E-state index in [0.717, 1.165) is 18.4 Å². The fraction of sp³-hybridized carbons (Fsp3) is 0.611. The summed E-state index contributed by atoms with van der Waals surface area (Å²) < 4.78 is 11.2. The molecule has 0 aromatic heterocycles. The molecule has 0 aliphatic carbocycles. The monoisotopic (exact) mass is 305 g/mol. The van der Waals surface area contributed by atoms with Crippen LogP contribution in [-0.2, 0) is 16.0 Å². The third-order valence-electron chi connectivity index (χ3n) is 3.71. The summed E-state index contributed by atoms with van der Waals surface area (Å²) in [6.45, 7) is 8.97. The van der Waals surface area contributed by atoms with Crippen molar-refractivity contribution in [3.63, 3.8) is 0 Å². The van der Waals surface area contributed by atoms with Gasteiger partial charge in [0.2, 0.25) is 0 Å². The lowest BCUT2D eigenvalue weighted by molar-refractivity contribution is -0.136. The average Bonchev–Trinajstić information content (AvgIpc) is 2.42. The number of rotatable bonds is 5. The molecular weight excluding hydrogens is 278 g/mol. The van der Waals surface area contributed by atoms with Crippen molar-refractivity contribution in [3.8, 4) is 0 Å². The van der Waals surface area contributed by atoms with Gasteiger partial charge < -0.3 is 9.47 Å². The molecule has 1 heterocycles. The van der Waals surface area contributed by atoms with E-state index in [1.165, 1.54) is 0 Å². The Morgan fingerprint density at radius 1 is 1.32 bits per heavy atom. The lowest BCUT2D eigenvalue weighted by Gasteiger charge is -2.44. The molecule has 22 heavy (non-hydrogen) atoms. The molecule has 0 spiro atoms. The van der Waals surface area contributed by atoms with Gasteiger partial charge in [0.05, 0.1) is 18.8 Å². The molecule has 2 rings (SSSR count). The lowest BCUT2D eigenvalue weighted by atomic mass is 10.00. The van der Waals surface area contributed by atoms with Gasteiger partial charge in [0.1, 0.15) is 5.60 Å². The molecule has 1 aliphatic heterocycles. The fourth-order valence-electron chi connectivity index (χ4n) is 2.59. The van der Waals surface area contributed by atoms with Crippen LogP contribution in [-0.4, -0.2) is 35.3 Å². The molecule has 0 bridgehead atoms. The minimum Gasteiger partial charge on any atom is -0.444 e. The summed E-state index contributed by atoms with van der Waals surface area (Å²) in [4.78, 5) is 14.4. The van der Waals surface area contributed by atoms with Crippen molar-refractivity contribution in [2.45, 2.75) is 64.8 Å². The first-order valence-corrected chi connectivity index (χ1v) is 8.06. The van der Waals surface area contributed by atoms with Gasteiger partial charge in [-0.05, 0) is 32.8 Å². The number of benzene rings is 1. The minimum atomic E-state index is -0.489. The second-order valence-corrected chi connectivity index (χ2v) is 6.82. The Morgan fingerprint density at radius 2 is 2.00 bits per heavy atom. The topological polar surface area (TPSA) is 38.8 Å². The summed E-state index contributed by atoms with van der Waals surface area (Å²) >= 11 is 0. The Kier molecular flexibility index (Phi) is 5.46. The Hall–Kier alpha value is -1.55. The molecule has 0 N–H and O–H groups in total. The molecule has 2 atom stereocenters. The van der Waals surface area contributed by atoms with Gasteiger partial charge in [-0.25, -0.2) is 4.79 Å². The third-order valence-corrected chi connectivity index (χ3v) is 3.71. The number of hydrogen-bond donors (Lipinski definition) is 0. The van der Waals surface area contributed by atoms with Gasteiger partial charge >= 0.3 is 6.09 Å². The second-order valence-electron chi connectivity index (χ2n) is 6.82. The summed E-state index contributed by atoms with van der Waals surface area (Å²) in [7, 11) is 0. The van der Waals surface area contributed by atoms with Gasteiger partial charge in [-0.1, -0.05) is 43.7 Å². The molecule has 122 valence electrons. The van der Waals surface area contributed by atoms with Crippen LogP contribution in [0.1, 0.15) is 46.1 Å². The van der Waals surface area contributed by atoms with Crippen molar-refractivity contribution in [1.82, 2.24) is 4.90 Å². The molecule has 0 radical (unpaired) electrons. The van der Waals surface area contributed by atoms with E-state index in [1.807, 2.05) is 56.0 Å². The maximum Gasteiger partial charge on any atom is 0.411 e. The standard InChI is InChI=1S/C18H27NO3/c1-5-9-16-15(13-21-16)19(17(20)22-18(2,3)4)12-14-10-7-6-8-11-14/h6-8,10-11,15-16H,5,9,12-13H2,1-4H3. The zero-order valence-corrected chi connectivity index (χ0v) is 14.0. The Labute approximate surface area is 133 Å². The van der Waals surface area contributed by atoms with Crippen LogP contribution in [0.4, 0.5) is 4.79 Å². The van der Waals surface area contributed by atoms with Gasteiger partial charge in [-0.3, -0.25) is 4.90 Å². The van der Waals surface area contributed by atoms with Gasteiger partial charge in [0.15, 0.2) is 0 Å². The molecule has 4 nitrogen and oxygen atoms in total. The molecule has 1 amide bonds. The SMILES string of the molecule is CCCC1OCC1N(Cc1ccccc1)C(=O)OC(C)(C)C. The number of hydrogen-bond acceptors (Lipinski definition) is 3. The predicted octanol–water partition coefficient (Wildman–Crippen LogP) is 3.99. The summed E-state index contributed by atoms with van der Waals surface area (Å²) in [5.41, 5.74) is 0.618. The molecule has 0 saturated carbocycles. The molecule has 1 saturated heterocycles. The lowest BCUT2D eigenvalue weighted by Crippen LogP contribution is -2.58. The van der Waals surface area contributed by atoms with Crippen molar-refractivity contribution >= 4 is 6.09 Å². The van der Waals surface area contributed by atoms with Crippen LogP contribution in [0.15, 0.2) is 30.3 Å². The van der Waals surface area contributed by atoms with Crippen LogP contribution < -0.4 is 0 Å². The Bertz CT molecular complexity index is 481. The van der Waals surface area contributed by atoms with E-state index in [2.05, 4.69) is 6.92 Å². The normalized spacial score (nSPS) is 21.1. The van der Waals surface area contributed by atoms with Crippen LogP contribution in [0.5, 0.6) is 0 Å². The largest absolute Gasteiger partial charge is 0.444 e. The summed E-state index contributed by atoms with van der Waals surface area (Å²) in [5, 5.41) is 0. The maximum absolute atomic E-state index is 12.6. The number of ether oxygens (including phenoxy) is 2. The quantitative estimate of drug-likeness (QED) is 0.825. The highest BCUT2D eigenvalue weighted by Gasteiger charge is 2.40. The van der Waals surface area contributed by atoms with Gasteiger partial charge in [0.25, 0.3) is 0 Å². The molecule has 1 aliphatic rings. The summed E-state index contributed by atoms with van der Waals surface area (Å²) in [5.74, 6) is 0. The van der Waals surface area contributed by atoms with Crippen molar-refractivity contribution in [1.29, 1.82) is 0 Å². The highest BCUT2D eigenvalue weighted by atomic mass is 16.6. The van der Waals surface area contributed by atoms with E-state index in [1.54, 1.807) is 0 Å². The highest BCUT2D eigenvalue weighted by molar-refractivity contribution is 5.69. The van der Waals surface area contributed by atoms with E-state index in [-0.39, 0.29) is 18.2 Å². The molecule has 2 unspecified atom stereocenters. The average molecular weight is 305 g/mol. The first-order valence-electron chi connectivity index (χ1n) is 8.06. The van der Waals surface area contributed by atoms with E-state index < -0.39 is 5.60 Å². The molecule has 4 heteroatoms. The van der Waals surface area contributed by atoms with E-state index in [4.69, 9.17) is 9.47 Å². The highest BCUT2D eigenvalue weighted by Crippen LogP contribution is 2.26. The van der Waals surface area contributed by atoms with E-state index in [0.29, 0.717) is 13.2 Å². The number of carbonyl (C=O) groups excluding carboxylic acids is 1. The van der Waals surface area contributed by atoms with Gasteiger partial charge in [-0.2, -0.15) is 0 Å². The van der Waals surface area contributed by atoms with E-state index >= 15 is 0 Å². The smallest absolute Gasteiger partial charge is 0.411 e. The predicted molar refractivity (Wildman–Crippen MR) is 86.7 cm³/mol. The van der Waals surface area contributed by atoms with Gasteiger partial charge in [0, 0.05) is 6.54 Å². The molecule has 1 aromatic carbocycles. The van der Waals surface area contributed by atoms with Gasteiger partial charge in [-0.15, -0.1) is 0 Å². The van der Waals surface area contributed by atoms with Crippen LogP contribution in [0, 0.1) is 0 Å². The van der Waals surface area contributed by atoms with Crippen molar-refractivity contribution in [3.05, 3.63) is 35.9 Å². The van der Waals surface area contributed by atoms with E-state index in [9.17, 15) is 4.79 Å². The van der Waals surface area contributed by atoms with Crippen LogP contribution >= 0.6 is 0 Å². The van der Waals surface area contributed by atoms with Crippen LogP contribution in [0.2, 0.25) is 0 Å². The zero-order chi connectivity index (χ0) is 16.2. The molecule has 1 aromatic rings. The zero-order valence-electron chi connectivity index (χ0n) is 14.0. The first-order chi connectivity index (χ1) is 10.4. The third kappa shape index (κ3) is 4.47. The fourth-order valence-corrected chi connectivity index (χ4v) is 2.59. The van der Waals surface area contributed by atoms with Crippen molar-refractivity contribution < 1.29 is 14.3 Å². The number of carbonyl (C=O) groups is 1. The first kappa shape index (κ1) is 16.8. The minimum absolute atomic E-state index is 0.106.